The minimum Gasteiger partial charge on any atom is -0.512 e. The van der Waals surface area contributed by atoms with Gasteiger partial charge >= 0.3 is 0 Å². The normalized spacial score (nSPS) is 15.6. The number of aliphatic hydroxyl groups is 1. The number of carbonyl (C=O) groups is 1. The number of nitrogens with zero attached hydrogens (tertiary/aromatic N) is 1. The second-order valence-electron chi connectivity index (χ2n) is 10.6. The molecule has 0 amide bonds. The Labute approximate surface area is 227 Å². The van der Waals surface area contributed by atoms with Gasteiger partial charge in [0.2, 0.25) is 0 Å². The van der Waals surface area contributed by atoms with Crippen molar-refractivity contribution in [3.63, 3.8) is 0 Å². The smallest absolute Gasteiger partial charge is 0.155 e. The van der Waals surface area contributed by atoms with Gasteiger partial charge in [0.25, 0.3) is 0 Å². The third-order valence-corrected chi connectivity index (χ3v) is 10.9. The molecule has 185 valence electrons. The van der Waals surface area contributed by atoms with Gasteiger partial charge in [-0.3, -0.25) is 9.78 Å². The maximum Gasteiger partial charge on any atom is 0.155 e. The van der Waals surface area contributed by atoms with Crippen molar-refractivity contribution >= 4 is 35.0 Å². The molecule has 0 saturated heterocycles. The van der Waals surface area contributed by atoms with Crippen LogP contribution < -0.4 is 10.4 Å². The zero-order chi connectivity index (χ0) is 25.1. The second-order valence-corrected chi connectivity index (χ2v) is 14.9. The topological polar surface area (TPSA) is 50.2 Å². The van der Waals surface area contributed by atoms with Gasteiger partial charge in [-0.25, -0.2) is 0 Å². The molecule has 4 aromatic rings. The van der Waals surface area contributed by atoms with Gasteiger partial charge in [-0.2, -0.15) is 0 Å². The Bertz CT molecular complexity index is 1550. The predicted octanol–water partition coefficient (Wildman–Crippen LogP) is 6.18. The van der Waals surface area contributed by atoms with Crippen LogP contribution in [0.5, 0.6) is 0 Å². The van der Waals surface area contributed by atoms with Crippen LogP contribution in [0.15, 0.2) is 72.6 Å². The first-order chi connectivity index (χ1) is 16.5. The molecule has 5 heteroatoms. The Balaban J connectivity index is 0.000000338. The summed E-state index contributed by atoms with van der Waals surface area (Å²) in [4.78, 5) is 15.0. The van der Waals surface area contributed by atoms with Crippen molar-refractivity contribution in [2.75, 3.05) is 0 Å². The van der Waals surface area contributed by atoms with Crippen molar-refractivity contribution in [3.05, 3.63) is 89.8 Å². The quantitative estimate of drug-likeness (QED) is 0.114. The van der Waals surface area contributed by atoms with Crippen LogP contribution in [-0.4, -0.2) is 23.9 Å². The minimum absolute atomic E-state index is 0. The van der Waals surface area contributed by atoms with Gasteiger partial charge in [0, 0.05) is 38.1 Å². The number of aliphatic hydroxyl groups excluding tert-OH is 1. The third-order valence-electron chi connectivity index (χ3n) is 7.40. The molecule has 1 N–H and O–H groups in total. The largest absolute Gasteiger partial charge is 0.512 e. The van der Waals surface area contributed by atoms with Crippen molar-refractivity contribution in [2.45, 2.75) is 46.2 Å². The molecule has 1 aliphatic heterocycles. The molecule has 0 saturated carbocycles. The van der Waals surface area contributed by atoms with Gasteiger partial charge in [-0.1, -0.05) is 85.0 Å². The average Bonchev–Trinajstić information content (AvgIpc) is 3.00. The summed E-state index contributed by atoms with van der Waals surface area (Å²) in [6.07, 6.45) is 3.18. The maximum atomic E-state index is 10.0. The summed E-state index contributed by atoms with van der Waals surface area (Å²) >= 11 is 0. The molecule has 2 aliphatic rings. The predicted molar refractivity (Wildman–Crippen MR) is 147 cm³/mol. The van der Waals surface area contributed by atoms with E-state index >= 15 is 0 Å². The Kier molecular flexibility index (Phi) is 6.72. The first-order valence-corrected chi connectivity index (χ1v) is 15.0. The SMILES string of the molecule is CC(=O)/C=C(/C)O.CC1(C)c2cc3ccccc3[c-]c2-c2nccc3c2-c2c1cccc2[Si]3(C)C.[Ir]. The Morgan fingerprint density at radius 3 is 2.33 bits per heavy atom. The fraction of sp³-hybridized carbons (Fsp3) is 0.226. The number of aromatic nitrogens is 1. The van der Waals surface area contributed by atoms with Gasteiger partial charge in [0.15, 0.2) is 5.78 Å². The van der Waals surface area contributed by atoms with Crippen molar-refractivity contribution in [3.8, 4) is 22.4 Å². The molecule has 3 nitrogen and oxygen atoms in total. The Morgan fingerprint density at radius 2 is 1.67 bits per heavy atom. The molecule has 0 bridgehead atoms. The zero-order valence-corrected chi connectivity index (χ0v) is 24.9. The van der Waals surface area contributed by atoms with E-state index < -0.39 is 8.07 Å². The third kappa shape index (κ3) is 4.00. The van der Waals surface area contributed by atoms with E-state index in [1.165, 1.54) is 58.3 Å². The molecule has 3 aromatic carbocycles. The van der Waals surface area contributed by atoms with Crippen LogP contribution in [-0.2, 0) is 30.3 Å². The summed E-state index contributed by atoms with van der Waals surface area (Å²) in [6, 6.07) is 23.9. The molecule has 0 fully saturated rings. The molecule has 0 unspecified atom stereocenters. The van der Waals surface area contributed by atoms with E-state index in [9.17, 15) is 4.79 Å². The van der Waals surface area contributed by atoms with Crippen LogP contribution in [0.1, 0.15) is 38.8 Å². The van der Waals surface area contributed by atoms with Crippen molar-refractivity contribution in [1.82, 2.24) is 4.98 Å². The van der Waals surface area contributed by atoms with Crippen molar-refractivity contribution < 1.29 is 30.0 Å². The Morgan fingerprint density at radius 1 is 0.972 bits per heavy atom. The Hall–Kier alpha value is -2.85. The van der Waals surface area contributed by atoms with Crippen molar-refractivity contribution in [1.29, 1.82) is 0 Å². The van der Waals surface area contributed by atoms with E-state index in [2.05, 4.69) is 87.6 Å². The summed E-state index contributed by atoms with van der Waals surface area (Å²) in [6.45, 7) is 12.5. The van der Waals surface area contributed by atoms with E-state index in [0.717, 1.165) is 11.1 Å². The van der Waals surface area contributed by atoms with Crippen LogP contribution in [0.2, 0.25) is 13.1 Å². The number of fused-ring (bicyclic) bond motifs is 3. The van der Waals surface area contributed by atoms with Crippen LogP contribution in [0, 0.1) is 6.07 Å². The minimum atomic E-state index is -1.72. The molecule has 0 spiro atoms. The fourth-order valence-corrected chi connectivity index (χ4v) is 8.77. The molecule has 1 radical (unpaired) electrons. The van der Waals surface area contributed by atoms with Crippen LogP contribution in [0.4, 0.5) is 0 Å². The number of hydrogen-bond donors (Lipinski definition) is 1. The summed E-state index contributed by atoms with van der Waals surface area (Å²) in [7, 11) is -1.72. The number of carbonyl (C=O) groups excluding carboxylic acids is 1. The number of rotatable bonds is 1. The summed E-state index contributed by atoms with van der Waals surface area (Å²) in [5.74, 6) is -0.0625. The van der Waals surface area contributed by atoms with Crippen molar-refractivity contribution in [2.24, 2.45) is 0 Å². The number of benzene rings is 3. The molecule has 1 aliphatic carbocycles. The van der Waals surface area contributed by atoms with Crippen LogP contribution in [0.3, 0.4) is 0 Å². The molecule has 36 heavy (non-hydrogen) atoms. The van der Waals surface area contributed by atoms with Gasteiger partial charge < -0.3 is 5.11 Å². The molecule has 0 atom stereocenters. The van der Waals surface area contributed by atoms with Crippen LogP contribution in [0.25, 0.3) is 33.2 Å². The summed E-state index contributed by atoms with van der Waals surface area (Å²) in [5, 5.41) is 13.8. The maximum absolute atomic E-state index is 10.0. The van der Waals surface area contributed by atoms with E-state index in [1.54, 1.807) is 5.19 Å². The van der Waals surface area contributed by atoms with Gasteiger partial charge in [-0.15, -0.1) is 23.6 Å². The molecule has 1 aromatic heterocycles. The van der Waals surface area contributed by atoms with E-state index in [0.29, 0.717) is 0 Å². The second kappa shape index (κ2) is 9.22. The number of pyridine rings is 1. The molecule has 6 rings (SSSR count). The summed E-state index contributed by atoms with van der Waals surface area (Å²) in [5.41, 5.74) is 7.79. The molecule has 2 heterocycles. The van der Waals surface area contributed by atoms with Crippen LogP contribution >= 0.6 is 0 Å². The monoisotopic (exact) mass is 669 g/mol. The molecular formula is C31H30IrNO2Si-. The fourth-order valence-electron chi connectivity index (χ4n) is 5.72. The van der Waals surface area contributed by atoms with Gasteiger partial charge in [0.1, 0.15) is 8.07 Å². The number of allylic oxidation sites excluding steroid dienone is 2. The summed E-state index contributed by atoms with van der Waals surface area (Å²) < 4.78 is 0. The molecular weight excluding hydrogens is 639 g/mol. The van der Waals surface area contributed by atoms with E-state index in [1.807, 2.05) is 6.20 Å². The van der Waals surface area contributed by atoms with Gasteiger partial charge in [0.05, 0.1) is 5.76 Å². The van der Waals surface area contributed by atoms with E-state index in [-0.39, 0.29) is 37.1 Å². The van der Waals surface area contributed by atoms with E-state index in [4.69, 9.17) is 10.1 Å². The number of hydrogen-bond acceptors (Lipinski definition) is 3. The average molecular weight is 669 g/mol. The van der Waals surface area contributed by atoms with Gasteiger partial charge in [-0.05, 0) is 47.2 Å². The number of ketones is 1. The zero-order valence-electron chi connectivity index (χ0n) is 21.5. The standard InChI is InChI=1S/C26H22NSi.C5H8O2.Ir/c1-26(2)19-10-7-11-21-23(19)24-22(28(21,3)4)12-13-27-25(24)18-14-16-8-5-6-9-17(16)15-20(18)26;1-4(6)3-5(2)7;/h5-13,15H,1-4H3;3,6H,1-2H3;/q-1;;/b;4-3-;. The first kappa shape index (κ1) is 26.2. The first-order valence-electron chi connectivity index (χ1n) is 12.0.